The van der Waals surface area contributed by atoms with Gasteiger partial charge in [0.15, 0.2) is 0 Å². The van der Waals surface area contributed by atoms with Gasteiger partial charge < -0.3 is 10.1 Å². The van der Waals surface area contributed by atoms with Crippen LogP contribution in [-0.2, 0) is 4.79 Å². The summed E-state index contributed by atoms with van der Waals surface area (Å²) in [4.78, 5) is 11.9. The van der Waals surface area contributed by atoms with Crippen LogP contribution in [0.1, 0.15) is 38.8 Å². The fourth-order valence-electron chi connectivity index (χ4n) is 1.71. The first-order valence-electron chi connectivity index (χ1n) is 6.31. The molecule has 0 saturated heterocycles. The molecule has 0 radical (unpaired) electrons. The Hall–Kier alpha value is -1.51. The van der Waals surface area contributed by atoms with Gasteiger partial charge in [-0.3, -0.25) is 4.79 Å². The fraction of sp³-hybridized carbons (Fsp3) is 0.533. The summed E-state index contributed by atoms with van der Waals surface area (Å²) in [7, 11) is 0. The first-order chi connectivity index (χ1) is 8.25. The van der Waals surface area contributed by atoms with Crippen molar-refractivity contribution in [3.8, 4) is 5.75 Å². The van der Waals surface area contributed by atoms with E-state index < -0.39 is 0 Å². The van der Waals surface area contributed by atoms with E-state index in [1.165, 1.54) is 0 Å². The molecule has 0 saturated carbocycles. The van der Waals surface area contributed by atoms with Crippen molar-refractivity contribution in [1.29, 1.82) is 0 Å². The zero-order chi connectivity index (χ0) is 13.9. The molecule has 0 unspecified atom stereocenters. The van der Waals surface area contributed by atoms with Crippen LogP contribution in [0, 0.1) is 19.3 Å². The van der Waals surface area contributed by atoms with Crippen LogP contribution in [0.3, 0.4) is 0 Å². The summed E-state index contributed by atoms with van der Waals surface area (Å²) in [6, 6.07) is 3.89. The van der Waals surface area contributed by atoms with E-state index >= 15 is 0 Å². The molecule has 0 aromatic heterocycles. The quantitative estimate of drug-likeness (QED) is 0.887. The van der Waals surface area contributed by atoms with Crippen LogP contribution in [0.2, 0.25) is 0 Å². The zero-order valence-corrected chi connectivity index (χ0v) is 12.2. The van der Waals surface area contributed by atoms with Gasteiger partial charge in [0, 0.05) is 11.1 Å². The summed E-state index contributed by atoms with van der Waals surface area (Å²) < 4.78 is 5.58. The maximum atomic E-state index is 11.9. The highest BCUT2D eigenvalue weighted by Crippen LogP contribution is 2.28. The van der Waals surface area contributed by atoms with E-state index in [4.69, 9.17) is 4.74 Å². The number of anilines is 1. The number of hydrogen-bond donors (Lipinski definition) is 1. The van der Waals surface area contributed by atoms with Gasteiger partial charge in [0.25, 0.3) is 0 Å². The Morgan fingerprint density at radius 3 is 2.11 bits per heavy atom. The molecule has 0 bridgehead atoms. The minimum Gasteiger partial charge on any atom is -0.493 e. The first-order valence-corrected chi connectivity index (χ1v) is 6.31. The normalized spacial score (nSPS) is 11.2. The predicted octanol–water partition coefficient (Wildman–Crippen LogP) is 3.69. The minimum atomic E-state index is -0.388. The molecule has 0 fully saturated rings. The highest BCUT2D eigenvalue weighted by molar-refractivity contribution is 5.94. The number of hydrogen-bond acceptors (Lipinski definition) is 2. The second kappa shape index (κ2) is 5.42. The third-order valence-corrected chi connectivity index (χ3v) is 2.69. The number of carbonyl (C=O) groups is 1. The monoisotopic (exact) mass is 249 g/mol. The van der Waals surface area contributed by atoms with Crippen LogP contribution in [0.25, 0.3) is 0 Å². The largest absolute Gasteiger partial charge is 0.493 e. The molecule has 1 aromatic carbocycles. The van der Waals surface area contributed by atoms with Gasteiger partial charge in [-0.15, -0.1) is 0 Å². The number of benzene rings is 1. The van der Waals surface area contributed by atoms with Gasteiger partial charge in [0.2, 0.25) is 5.91 Å². The van der Waals surface area contributed by atoms with Crippen LogP contribution in [0.15, 0.2) is 12.1 Å². The highest BCUT2D eigenvalue weighted by atomic mass is 16.5. The molecule has 1 amide bonds. The predicted molar refractivity (Wildman–Crippen MR) is 75.2 cm³/mol. The molecule has 1 aromatic rings. The minimum absolute atomic E-state index is 0.0189. The number of aryl methyl sites for hydroxylation is 2. The third-order valence-electron chi connectivity index (χ3n) is 2.69. The SMILES string of the molecule is CCOc1c(C)cc(NC(=O)C(C)(C)C)cc1C. The van der Waals surface area contributed by atoms with E-state index in [2.05, 4.69) is 5.32 Å². The third kappa shape index (κ3) is 3.49. The Labute approximate surface area is 110 Å². The zero-order valence-electron chi connectivity index (χ0n) is 12.2. The molecule has 0 heterocycles. The average Bonchev–Trinajstić information content (AvgIpc) is 2.22. The number of rotatable bonds is 3. The summed E-state index contributed by atoms with van der Waals surface area (Å²) >= 11 is 0. The number of nitrogens with one attached hydrogen (secondary N) is 1. The standard InChI is InChI=1S/C15H23NO2/c1-7-18-13-10(2)8-12(9-11(13)3)16-14(17)15(4,5)6/h8-9H,7H2,1-6H3,(H,16,17). The lowest BCUT2D eigenvalue weighted by atomic mass is 9.95. The molecule has 1 N–H and O–H groups in total. The van der Waals surface area contributed by atoms with E-state index in [1.807, 2.05) is 53.7 Å². The number of carbonyl (C=O) groups excluding carboxylic acids is 1. The van der Waals surface area contributed by atoms with E-state index in [9.17, 15) is 4.79 Å². The smallest absolute Gasteiger partial charge is 0.229 e. The van der Waals surface area contributed by atoms with Crippen LogP contribution in [0.5, 0.6) is 5.75 Å². The lowest BCUT2D eigenvalue weighted by molar-refractivity contribution is -0.123. The Morgan fingerprint density at radius 1 is 1.22 bits per heavy atom. The van der Waals surface area contributed by atoms with E-state index in [0.29, 0.717) is 6.61 Å². The molecule has 3 nitrogen and oxygen atoms in total. The Bertz CT molecular complexity index is 421. The van der Waals surface area contributed by atoms with Crippen molar-refractivity contribution in [1.82, 2.24) is 0 Å². The van der Waals surface area contributed by atoms with Gasteiger partial charge in [-0.1, -0.05) is 20.8 Å². The summed E-state index contributed by atoms with van der Waals surface area (Å²) in [6.07, 6.45) is 0. The van der Waals surface area contributed by atoms with Crippen molar-refractivity contribution in [2.45, 2.75) is 41.5 Å². The van der Waals surface area contributed by atoms with E-state index in [0.717, 1.165) is 22.6 Å². The van der Waals surface area contributed by atoms with Crippen LogP contribution in [-0.4, -0.2) is 12.5 Å². The fourth-order valence-corrected chi connectivity index (χ4v) is 1.71. The molecule has 1 rings (SSSR count). The molecular weight excluding hydrogens is 226 g/mol. The summed E-state index contributed by atoms with van der Waals surface area (Å²) in [5.41, 5.74) is 2.52. The van der Waals surface area contributed by atoms with Gasteiger partial charge >= 0.3 is 0 Å². The lowest BCUT2D eigenvalue weighted by Crippen LogP contribution is -2.27. The first kappa shape index (κ1) is 14.6. The summed E-state index contributed by atoms with van der Waals surface area (Å²) in [5.74, 6) is 0.928. The number of amides is 1. The maximum absolute atomic E-state index is 11.9. The van der Waals surface area contributed by atoms with E-state index in [-0.39, 0.29) is 11.3 Å². The Balaban J connectivity index is 2.97. The number of ether oxygens (including phenoxy) is 1. The molecular formula is C15H23NO2. The molecule has 0 aliphatic carbocycles. The van der Waals surface area contributed by atoms with Crippen molar-refractivity contribution in [3.05, 3.63) is 23.3 Å². The van der Waals surface area contributed by atoms with Crippen molar-refractivity contribution in [3.63, 3.8) is 0 Å². The second-order valence-corrected chi connectivity index (χ2v) is 5.58. The second-order valence-electron chi connectivity index (χ2n) is 5.58. The van der Waals surface area contributed by atoms with Crippen molar-refractivity contribution in [2.24, 2.45) is 5.41 Å². The van der Waals surface area contributed by atoms with E-state index in [1.54, 1.807) is 0 Å². The Kier molecular flexibility index (Phi) is 4.38. The molecule has 18 heavy (non-hydrogen) atoms. The molecule has 100 valence electrons. The van der Waals surface area contributed by atoms with Crippen LogP contribution >= 0.6 is 0 Å². The summed E-state index contributed by atoms with van der Waals surface area (Å²) in [5, 5.41) is 2.94. The highest BCUT2D eigenvalue weighted by Gasteiger charge is 2.21. The molecule has 0 atom stereocenters. The van der Waals surface area contributed by atoms with Gasteiger partial charge in [-0.05, 0) is 44.0 Å². The average molecular weight is 249 g/mol. The Morgan fingerprint density at radius 2 is 1.72 bits per heavy atom. The molecule has 0 aliphatic heterocycles. The van der Waals surface area contributed by atoms with Crippen molar-refractivity contribution < 1.29 is 9.53 Å². The van der Waals surface area contributed by atoms with Gasteiger partial charge in [-0.25, -0.2) is 0 Å². The molecule has 0 spiro atoms. The topological polar surface area (TPSA) is 38.3 Å². The maximum Gasteiger partial charge on any atom is 0.229 e. The summed E-state index contributed by atoms with van der Waals surface area (Å²) in [6.45, 7) is 12.3. The van der Waals surface area contributed by atoms with Gasteiger partial charge in [0.1, 0.15) is 5.75 Å². The van der Waals surface area contributed by atoms with Gasteiger partial charge in [-0.2, -0.15) is 0 Å². The molecule has 3 heteroatoms. The van der Waals surface area contributed by atoms with Gasteiger partial charge in [0.05, 0.1) is 6.61 Å². The lowest BCUT2D eigenvalue weighted by Gasteiger charge is -2.19. The molecule has 0 aliphatic rings. The van der Waals surface area contributed by atoms with Crippen LogP contribution < -0.4 is 10.1 Å². The van der Waals surface area contributed by atoms with Crippen molar-refractivity contribution in [2.75, 3.05) is 11.9 Å². The van der Waals surface area contributed by atoms with Crippen LogP contribution in [0.4, 0.5) is 5.69 Å². The van der Waals surface area contributed by atoms with Crippen molar-refractivity contribution >= 4 is 11.6 Å².